The summed E-state index contributed by atoms with van der Waals surface area (Å²) in [5.74, 6) is 0.274. The van der Waals surface area contributed by atoms with Crippen molar-refractivity contribution in [2.24, 2.45) is 0 Å². The maximum absolute atomic E-state index is 12.9. The maximum Gasteiger partial charge on any atom is 0.251 e. The fourth-order valence-corrected chi connectivity index (χ4v) is 4.80. The summed E-state index contributed by atoms with van der Waals surface area (Å²) < 4.78 is 0. The Balaban J connectivity index is 1.19. The third kappa shape index (κ3) is 5.31. The number of H-pyrrole nitrogens is 1. The van der Waals surface area contributed by atoms with Crippen LogP contribution >= 0.6 is 0 Å². The standard InChI is InChI=1S/C30H31N3O2/c1-21-9-11-22(12-10-21)6-4-5-16-31-30(35)25-8-3-2-7-23(25)19-33-17-15-26-27-18-24(34)13-14-28(27)32-29(26)20-33/h2-4,6-14,18,32,34H,5,15-17,19-20H2,1H3,(H,31,35)/b6-4+. The Morgan fingerprint density at radius 2 is 1.94 bits per heavy atom. The number of aromatic nitrogens is 1. The summed E-state index contributed by atoms with van der Waals surface area (Å²) in [6, 6.07) is 21.8. The number of aromatic amines is 1. The van der Waals surface area contributed by atoms with Crippen molar-refractivity contribution in [2.75, 3.05) is 13.1 Å². The molecule has 0 unspecified atom stereocenters. The second kappa shape index (κ2) is 10.2. The van der Waals surface area contributed by atoms with Crippen LogP contribution in [-0.2, 0) is 19.5 Å². The lowest BCUT2D eigenvalue weighted by Crippen LogP contribution is -2.31. The summed E-state index contributed by atoms with van der Waals surface area (Å²) in [4.78, 5) is 18.8. The van der Waals surface area contributed by atoms with Gasteiger partial charge in [-0.1, -0.05) is 60.2 Å². The van der Waals surface area contributed by atoms with Gasteiger partial charge in [0, 0.05) is 48.3 Å². The number of nitrogens with zero attached hydrogens (tertiary/aromatic N) is 1. The van der Waals surface area contributed by atoms with Gasteiger partial charge >= 0.3 is 0 Å². The number of phenolic OH excluding ortho intramolecular Hbond substituents is 1. The molecule has 1 amide bonds. The molecule has 3 aromatic carbocycles. The SMILES string of the molecule is Cc1ccc(/C=C/CCNC(=O)c2ccccc2CN2CCc3c([nH]c4ccc(O)cc34)C2)cc1. The largest absolute Gasteiger partial charge is 0.508 e. The zero-order valence-corrected chi connectivity index (χ0v) is 20.1. The lowest BCUT2D eigenvalue weighted by atomic mass is 10.0. The first kappa shape index (κ1) is 22.9. The fraction of sp³-hybridized carbons (Fsp3) is 0.233. The second-order valence-corrected chi connectivity index (χ2v) is 9.29. The number of aryl methyl sites for hydroxylation is 1. The van der Waals surface area contributed by atoms with Crippen molar-refractivity contribution >= 4 is 22.9 Å². The third-order valence-corrected chi connectivity index (χ3v) is 6.68. The number of phenols is 1. The van der Waals surface area contributed by atoms with E-state index in [9.17, 15) is 9.90 Å². The molecule has 0 saturated carbocycles. The van der Waals surface area contributed by atoms with Crippen molar-refractivity contribution in [1.82, 2.24) is 15.2 Å². The number of rotatable bonds is 7. The monoisotopic (exact) mass is 465 g/mol. The summed E-state index contributed by atoms with van der Waals surface area (Å²) in [7, 11) is 0. The van der Waals surface area contributed by atoms with Crippen LogP contribution in [-0.4, -0.2) is 34.0 Å². The average molecular weight is 466 g/mol. The minimum absolute atomic E-state index is 0.0249. The number of hydrogen-bond acceptors (Lipinski definition) is 3. The van der Waals surface area contributed by atoms with E-state index in [4.69, 9.17) is 0 Å². The molecule has 1 aliphatic heterocycles. The number of benzene rings is 3. The van der Waals surface area contributed by atoms with Gasteiger partial charge in [0.2, 0.25) is 0 Å². The summed E-state index contributed by atoms with van der Waals surface area (Å²) in [5.41, 5.74) is 7.74. The van der Waals surface area contributed by atoms with Crippen LogP contribution in [0.2, 0.25) is 0 Å². The van der Waals surface area contributed by atoms with Crippen molar-refractivity contribution in [2.45, 2.75) is 32.9 Å². The number of carbonyl (C=O) groups is 1. The minimum atomic E-state index is -0.0249. The van der Waals surface area contributed by atoms with E-state index >= 15 is 0 Å². The molecule has 5 heteroatoms. The van der Waals surface area contributed by atoms with Crippen molar-refractivity contribution < 1.29 is 9.90 Å². The fourth-order valence-electron chi connectivity index (χ4n) is 4.80. The van der Waals surface area contributed by atoms with Gasteiger partial charge in [0.25, 0.3) is 5.91 Å². The quantitative estimate of drug-likeness (QED) is 0.313. The summed E-state index contributed by atoms with van der Waals surface area (Å²) in [6.07, 6.45) is 5.89. The first-order valence-corrected chi connectivity index (χ1v) is 12.2. The number of carbonyl (C=O) groups excluding carboxylic acids is 1. The van der Waals surface area contributed by atoms with Crippen LogP contribution in [0.15, 0.2) is 72.8 Å². The van der Waals surface area contributed by atoms with E-state index in [-0.39, 0.29) is 5.91 Å². The Morgan fingerprint density at radius 3 is 2.80 bits per heavy atom. The van der Waals surface area contributed by atoms with Crippen molar-refractivity contribution in [3.8, 4) is 5.75 Å². The van der Waals surface area contributed by atoms with Crippen LogP contribution in [0.5, 0.6) is 5.75 Å². The number of hydrogen-bond donors (Lipinski definition) is 3. The topological polar surface area (TPSA) is 68.4 Å². The molecule has 0 saturated heterocycles. The molecule has 4 aromatic rings. The van der Waals surface area contributed by atoms with Crippen LogP contribution < -0.4 is 5.32 Å². The van der Waals surface area contributed by atoms with E-state index in [1.807, 2.05) is 36.4 Å². The van der Waals surface area contributed by atoms with Gasteiger partial charge in [-0.15, -0.1) is 0 Å². The highest BCUT2D eigenvalue weighted by Gasteiger charge is 2.22. The second-order valence-electron chi connectivity index (χ2n) is 9.29. The van der Waals surface area contributed by atoms with Crippen molar-refractivity contribution in [3.63, 3.8) is 0 Å². The molecule has 35 heavy (non-hydrogen) atoms. The number of nitrogens with one attached hydrogen (secondary N) is 2. The Kier molecular flexibility index (Phi) is 6.68. The van der Waals surface area contributed by atoms with Gasteiger partial charge in [0.1, 0.15) is 5.75 Å². The zero-order valence-electron chi connectivity index (χ0n) is 20.1. The molecule has 0 fully saturated rings. The predicted octanol–water partition coefficient (Wildman–Crippen LogP) is 5.57. The summed E-state index contributed by atoms with van der Waals surface area (Å²) in [5, 5.41) is 14.0. The van der Waals surface area contributed by atoms with Crippen LogP contribution in [0.1, 0.15) is 44.7 Å². The highest BCUT2D eigenvalue weighted by molar-refractivity contribution is 5.95. The van der Waals surface area contributed by atoms with Gasteiger partial charge in [-0.05, 0) is 60.7 Å². The minimum Gasteiger partial charge on any atom is -0.508 e. The van der Waals surface area contributed by atoms with Crippen molar-refractivity contribution in [3.05, 3.63) is 106 Å². The van der Waals surface area contributed by atoms with Gasteiger partial charge in [0.05, 0.1) is 0 Å². The molecule has 0 bridgehead atoms. The van der Waals surface area contributed by atoms with Gasteiger partial charge in [-0.3, -0.25) is 9.69 Å². The summed E-state index contributed by atoms with van der Waals surface area (Å²) in [6.45, 7) is 5.11. The molecular weight excluding hydrogens is 434 g/mol. The van der Waals surface area contributed by atoms with E-state index in [0.29, 0.717) is 12.3 Å². The van der Waals surface area contributed by atoms with E-state index < -0.39 is 0 Å². The zero-order chi connectivity index (χ0) is 24.2. The lowest BCUT2D eigenvalue weighted by Gasteiger charge is -2.27. The molecule has 5 nitrogen and oxygen atoms in total. The molecule has 2 heterocycles. The smallest absolute Gasteiger partial charge is 0.251 e. The molecule has 0 atom stereocenters. The number of aromatic hydroxyl groups is 1. The van der Waals surface area contributed by atoms with E-state index in [1.165, 1.54) is 22.4 Å². The predicted molar refractivity (Wildman–Crippen MR) is 141 cm³/mol. The maximum atomic E-state index is 12.9. The van der Waals surface area contributed by atoms with Gasteiger partial charge in [0.15, 0.2) is 0 Å². The van der Waals surface area contributed by atoms with Crippen LogP contribution in [0.3, 0.4) is 0 Å². The average Bonchev–Trinajstić information content (AvgIpc) is 3.22. The molecule has 5 rings (SSSR count). The van der Waals surface area contributed by atoms with Gasteiger partial charge in [-0.25, -0.2) is 0 Å². The summed E-state index contributed by atoms with van der Waals surface area (Å²) >= 11 is 0. The molecule has 0 aliphatic carbocycles. The van der Waals surface area contributed by atoms with Crippen LogP contribution in [0.4, 0.5) is 0 Å². The van der Waals surface area contributed by atoms with Crippen molar-refractivity contribution in [1.29, 1.82) is 0 Å². The number of fused-ring (bicyclic) bond motifs is 3. The molecule has 1 aliphatic rings. The Morgan fingerprint density at radius 1 is 1.11 bits per heavy atom. The molecule has 0 radical (unpaired) electrons. The first-order valence-electron chi connectivity index (χ1n) is 12.2. The highest BCUT2D eigenvalue weighted by Crippen LogP contribution is 2.30. The molecule has 0 spiro atoms. The normalized spacial score (nSPS) is 13.9. The number of amides is 1. The van der Waals surface area contributed by atoms with Gasteiger partial charge in [-0.2, -0.15) is 0 Å². The third-order valence-electron chi connectivity index (χ3n) is 6.68. The molecule has 178 valence electrons. The van der Waals surface area contributed by atoms with E-state index in [2.05, 4.69) is 58.5 Å². The highest BCUT2D eigenvalue weighted by atomic mass is 16.3. The lowest BCUT2D eigenvalue weighted by molar-refractivity contribution is 0.0952. The molecule has 3 N–H and O–H groups in total. The Bertz CT molecular complexity index is 1370. The first-order chi connectivity index (χ1) is 17.1. The molecule has 1 aromatic heterocycles. The van der Waals surface area contributed by atoms with E-state index in [1.54, 1.807) is 6.07 Å². The van der Waals surface area contributed by atoms with Crippen LogP contribution in [0, 0.1) is 6.92 Å². The van der Waals surface area contributed by atoms with Crippen LogP contribution in [0.25, 0.3) is 17.0 Å². The van der Waals surface area contributed by atoms with Gasteiger partial charge < -0.3 is 15.4 Å². The Labute approximate surface area is 206 Å². The Hall–Kier alpha value is -3.83. The molecular formula is C30H31N3O2. The van der Waals surface area contributed by atoms with E-state index in [0.717, 1.165) is 54.5 Å².